The molecule has 1 amide bonds. The van der Waals surface area contributed by atoms with Crippen LogP contribution in [-0.2, 0) is 42.5 Å². The number of ketones is 1. The monoisotopic (exact) mass is 1060 g/mol. The zero-order chi connectivity index (χ0) is 54.5. The molecular formula is C56H65N13O5S2. The highest BCUT2D eigenvalue weighted by Gasteiger charge is 2.29. The van der Waals surface area contributed by atoms with E-state index >= 15 is 0 Å². The molecule has 0 bridgehead atoms. The van der Waals surface area contributed by atoms with Crippen molar-refractivity contribution in [3.63, 3.8) is 0 Å². The number of aromatic carboxylic acids is 1. The van der Waals surface area contributed by atoms with Gasteiger partial charge >= 0.3 is 12.1 Å². The Morgan fingerprint density at radius 2 is 1.28 bits per heavy atom. The van der Waals surface area contributed by atoms with Gasteiger partial charge in [0, 0.05) is 73.5 Å². The summed E-state index contributed by atoms with van der Waals surface area (Å²) in [4.78, 5) is 67.4. The van der Waals surface area contributed by atoms with E-state index in [4.69, 9.17) is 9.84 Å². The van der Waals surface area contributed by atoms with Crippen LogP contribution in [0.4, 0.5) is 28.2 Å². The van der Waals surface area contributed by atoms with Crippen LogP contribution >= 0.6 is 22.7 Å². The number of ether oxygens (including phenoxy) is 1. The smallest absolute Gasteiger partial charge is 0.408 e. The Labute approximate surface area is 450 Å². The van der Waals surface area contributed by atoms with Crippen LogP contribution in [-0.4, -0.2) is 77.8 Å². The molecule has 2 atom stereocenters. The fourth-order valence-electron chi connectivity index (χ4n) is 8.61. The van der Waals surface area contributed by atoms with Gasteiger partial charge in [-0.15, -0.1) is 22.7 Å². The van der Waals surface area contributed by atoms with E-state index in [2.05, 4.69) is 107 Å². The largest absolute Gasteiger partial charge is 0.477 e. The van der Waals surface area contributed by atoms with E-state index in [0.29, 0.717) is 29.0 Å². The first-order chi connectivity index (χ1) is 35.9. The molecule has 2 aromatic carbocycles. The maximum absolute atomic E-state index is 13.0. The third-order valence-electron chi connectivity index (χ3n) is 12.3. The summed E-state index contributed by atoms with van der Waals surface area (Å²) in [5, 5.41) is 24.0. The molecule has 6 aromatic heterocycles. The van der Waals surface area contributed by atoms with Crippen LogP contribution in [0.5, 0.6) is 0 Å². The Morgan fingerprint density at radius 1 is 0.697 bits per heavy atom. The maximum Gasteiger partial charge on any atom is 0.408 e. The van der Waals surface area contributed by atoms with Gasteiger partial charge in [0.15, 0.2) is 11.6 Å². The lowest BCUT2D eigenvalue weighted by Gasteiger charge is -2.22. The number of aromatic nitrogens is 10. The number of rotatable bonds is 11. The lowest BCUT2D eigenvalue weighted by Crippen LogP contribution is -2.34. The van der Waals surface area contributed by atoms with Crippen LogP contribution in [0.3, 0.4) is 0 Å². The number of nitrogens with one attached hydrogen (secondary N) is 3. The summed E-state index contributed by atoms with van der Waals surface area (Å²) in [5.41, 5.74) is 8.93. The molecule has 396 valence electrons. The first-order valence-electron chi connectivity index (χ1n) is 25.1. The molecular weight excluding hydrogens is 999 g/mol. The van der Waals surface area contributed by atoms with Gasteiger partial charge in [0.2, 0.25) is 11.9 Å². The van der Waals surface area contributed by atoms with Crippen molar-refractivity contribution in [2.45, 2.75) is 123 Å². The summed E-state index contributed by atoms with van der Waals surface area (Å²) in [7, 11) is 3.78. The summed E-state index contributed by atoms with van der Waals surface area (Å²) < 4.78 is 8.97. The third kappa shape index (κ3) is 14.2. The van der Waals surface area contributed by atoms with Crippen molar-refractivity contribution in [2.24, 2.45) is 14.1 Å². The number of thiazole rings is 2. The van der Waals surface area contributed by atoms with Gasteiger partial charge in [0.05, 0.1) is 56.7 Å². The van der Waals surface area contributed by atoms with Gasteiger partial charge in [0.25, 0.3) is 0 Å². The molecule has 0 fully saturated rings. The number of carboxylic acids is 1. The van der Waals surface area contributed by atoms with E-state index in [1.165, 1.54) is 45.6 Å². The van der Waals surface area contributed by atoms with Crippen LogP contribution < -0.4 is 16.0 Å². The molecule has 0 aliphatic heterocycles. The molecule has 2 unspecified atom stereocenters. The Kier molecular flexibility index (Phi) is 16.2. The minimum absolute atomic E-state index is 0.0318. The van der Waals surface area contributed by atoms with Crippen molar-refractivity contribution in [2.75, 3.05) is 10.6 Å². The highest BCUT2D eigenvalue weighted by atomic mass is 32.1. The number of carbonyl (C=O) groups excluding carboxylic acids is 2. The first kappa shape index (κ1) is 54.5. The number of hydrogen-bond donors (Lipinski definition) is 4. The molecule has 0 spiro atoms. The average Bonchev–Trinajstić information content (AvgIpc) is 4.23. The van der Waals surface area contributed by atoms with Crippen LogP contribution in [0.15, 0.2) is 98.2 Å². The maximum atomic E-state index is 13.0. The molecule has 18 nitrogen and oxygen atoms in total. The summed E-state index contributed by atoms with van der Waals surface area (Å²) >= 11 is 2.77. The van der Waals surface area contributed by atoms with Crippen molar-refractivity contribution in [3.8, 4) is 22.5 Å². The minimum atomic E-state index is -0.900. The predicted molar refractivity (Wildman–Crippen MR) is 297 cm³/mol. The molecule has 2 aliphatic carbocycles. The van der Waals surface area contributed by atoms with Gasteiger partial charge in [-0.25, -0.2) is 44.5 Å². The lowest BCUT2D eigenvalue weighted by molar-refractivity contribution is 0.0503. The predicted octanol–water partition coefficient (Wildman–Crippen LogP) is 11.9. The Hall–Kier alpha value is -7.71. The number of Topliss-reactive ketones (excluding diaryl/α,β-unsaturated/α-hetero) is 1. The molecule has 20 heteroatoms. The molecule has 6 heterocycles. The number of anilines is 4. The summed E-state index contributed by atoms with van der Waals surface area (Å²) in [6.07, 6.45) is 17.7. The zero-order valence-electron chi connectivity index (χ0n) is 44.8. The second kappa shape index (κ2) is 22.6. The van der Waals surface area contributed by atoms with Crippen LogP contribution in [0.1, 0.15) is 145 Å². The van der Waals surface area contributed by atoms with Crippen molar-refractivity contribution in [3.05, 3.63) is 140 Å². The third-order valence-corrected chi connectivity index (χ3v) is 15.2. The number of nitrogens with zero attached hydrogens (tertiary/aromatic N) is 10. The number of alkyl carbamates (subject to hydrolysis) is 1. The lowest BCUT2D eigenvalue weighted by atomic mass is 9.94. The van der Waals surface area contributed by atoms with E-state index in [1.54, 1.807) is 35.8 Å². The zero-order valence-corrected chi connectivity index (χ0v) is 46.4. The molecule has 8 aromatic rings. The fraction of sp³-hybridized carbons (Fsp3) is 0.375. The highest BCUT2D eigenvalue weighted by molar-refractivity contribution is 7.14. The van der Waals surface area contributed by atoms with Gasteiger partial charge in [-0.1, -0.05) is 65.8 Å². The average molecular weight is 1060 g/mol. The number of imidazole rings is 1. The van der Waals surface area contributed by atoms with E-state index in [9.17, 15) is 14.4 Å². The Morgan fingerprint density at radius 3 is 1.82 bits per heavy atom. The van der Waals surface area contributed by atoms with Crippen molar-refractivity contribution < 1.29 is 24.2 Å². The molecule has 0 radical (unpaired) electrons. The van der Waals surface area contributed by atoms with Gasteiger partial charge in [-0.2, -0.15) is 5.10 Å². The van der Waals surface area contributed by atoms with Gasteiger partial charge in [-0.05, 0) is 98.9 Å². The number of aryl methyl sites for hydroxylation is 4. The van der Waals surface area contributed by atoms with Crippen molar-refractivity contribution >= 4 is 63.9 Å². The van der Waals surface area contributed by atoms with Gasteiger partial charge in [0.1, 0.15) is 10.5 Å². The summed E-state index contributed by atoms with van der Waals surface area (Å²) in [5.74, 6) is 1.27. The molecule has 4 N–H and O–H groups in total. The standard InChI is InChI=1S/C26H28N6OS.C22H26N6O2.C8H11NO2S/c1-26(2,3)24-28-14-23(34-24)22(33)12-17-6-5-16-11-18(7-8-20(16)17)21-9-10-27-25(31-21)30-19-13-29-32(4)15-19;1-22(2,3)30-21(29)26-18-8-6-14-11-15(5-7-16(14)18)17-9-10-23-20(25-17)27-19-12-28(4)13-24-19;1-8(2,3)7-9-4-5(12-7)6(10)11/h7-11,13-15,17H,5-6,12H2,1-4H3,(H,27,30,31);5,7,9-13,18H,6,8H2,1-4H3,(H,26,29)(H,23,25,27);4H,1-3H3,(H,10,11). The topological polar surface area (TPSA) is 230 Å². The fourth-order valence-corrected chi connectivity index (χ4v) is 10.3. The molecule has 2 aliphatic rings. The van der Waals surface area contributed by atoms with Crippen molar-refractivity contribution in [1.82, 2.24) is 54.6 Å². The minimum Gasteiger partial charge on any atom is -0.477 e. The summed E-state index contributed by atoms with van der Waals surface area (Å²) in [6.45, 7) is 18.0. The van der Waals surface area contributed by atoms with Crippen LogP contribution in [0, 0.1) is 0 Å². The first-order valence-corrected chi connectivity index (χ1v) is 26.7. The quantitative estimate of drug-likeness (QED) is 0.0883. The number of fused-ring (bicyclic) bond motifs is 2. The molecule has 0 saturated heterocycles. The molecule has 10 rings (SSSR count). The number of benzene rings is 2. The number of amides is 1. The molecule has 76 heavy (non-hydrogen) atoms. The second-order valence-electron chi connectivity index (χ2n) is 21.9. The Bertz CT molecular complexity index is 3360. The van der Waals surface area contributed by atoms with Crippen molar-refractivity contribution in [1.29, 1.82) is 0 Å². The van der Waals surface area contributed by atoms with E-state index in [0.717, 1.165) is 74.3 Å². The van der Waals surface area contributed by atoms with Gasteiger partial charge < -0.3 is 30.4 Å². The highest BCUT2D eigenvalue weighted by Crippen LogP contribution is 2.40. The van der Waals surface area contributed by atoms with E-state index < -0.39 is 11.6 Å². The van der Waals surface area contributed by atoms with E-state index in [-0.39, 0.29) is 34.7 Å². The molecule has 0 saturated carbocycles. The van der Waals surface area contributed by atoms with Crippen LogP contribution in [0.2, 0.25) is 0 Å². The van der Waals surface area contributed by atoms with Crippen LogP contribution in [0.25, 0.3) is 22.5 Å². The number of hydrogen-bond acceptors (Lipinski definition) is 16. The van der Waals surface area contributed by atoms with Gasteiger partial charge in [-0.3, -0.25) is 9.48 Å². The SMILES string of the molecule is CC(C)(C)c1ncc(C(=O)O)s1.Cn1cc(Nc2nccc(-c3ccc4c(c3)CCC4CC(=O)c3cnc(C(C)(C)C)s3)n2)cn1.Cn1cnc(Nc2nccc(-c3ccc4c(c3)CCC4NC(=O)OC(C)(C)C)n2)c1. The second-order valence-corrected chi connectivity index (χ2v) is 24.0. The summed E-state index contributed by atoms with van der Waals surface area (Å²) in [6, 6.07) is 16.5. The van der Waals surface area contributed by atoms with E-state index in [1.807, 2.05) is 90.8 Å². The number of carbonyl (C=O) groups is 3. The number of carboxylic acid groups (broad SMARTS) is 1. The normalized spacial score (nSPS) is 14.8. The Balaban J connectivity index is 0.000000167.